The molecular formula is C22H16O6. The molecule has 0 fully saturated rings. The van der Waals surface area contributed by atoms with Gasteiger partial charge in [0.15, 0.2) is 17.3 Å². The molecule has 2 aliphatic carbocycles. The fraction of sp³-hybridized carbons (Fsp3) is 0.136. The van der Waals surface area contributed by atoms with Crippen LogP contribution in [0.4, 0.5) is 0 Å². The number of phenolic OH excluding ortho intramolecular Hbond substituents is 2. The van der Waals surface area contributed by atoms with Crippen LogP contribution in [0.1, 0.15) is 53.9 Å². The molecule has 4 rings (SSSR count). The highest BCUT2D eigenvalue weighted by atomic mass is 16.3. The molecule has 2 aromatic carbocycles. The number of fused-ring (bicyclic) bond motifs is 2. The average Bonchev–Trinajstić information content (AvgIpc) is 2.62. The van der Waals surface area contributed by atoms with Crippen molar-refractivity contribution in [1.82, 2.24) is 0 Å². The summed E-state index contributed by atoms with van der Waals surface area (Å²) in [4.78, 5) is 37.1. The first-order valence-electron chi connectivity index (χ1n) is 8.63. The monoisotopic (exact) mass is 376 g/mol. The van der Waals surface area contributed by atoms with Crippen molar-refractivity contribution in [3.63, 3.8) is 0 Å². The maximum absolute atomic E-state index is 12.6. The van der Waals surface area contributed by atoms with Gasteiger partial charge in [0.1, 0.15) is 17.6 Å². The van der Waals surface area contributed by atoms with E-state index in [1.54, 1.807) is 19.9 Å². The number of aliphatic hydroxyl groups is 1. The topological polar surface area (TPSA) is 112 Å². The second-order valence-electron chi connectivity index (χ2n) is 6.95. The highest BCUT2D eigenvalue weighted by molar-refractivity contribution is 6.26. The van der Waals surface area contributed by atoms with Gasteiger partial charge in [0.2, 0.25) is 0 Å². The second kappa shape index (κ2) is 6.00. The number of carbonyl (C=O) groups excluding carboxylic acids is 3. The predicted molar refractivity (Wildman–Crippen MR) is 101 cm³/mol. The zero-order valence-corrected chi connectivity index (χ0v) is 15.1. The first kappa shape index (κ1) is 17.9. The summed E-state index contributed by atoms with van der Waals surface area (Å²) in [5.41, 5.74) is 1.61. The third kappa shape index (κ3) is 2.35. The molecule has 0 saturated carbocycles. The maximum atomic E-state index is 12.6. The molecule has 0 spiro atoms. The van der Waals surface area contributed by atoms with E-state index in [0.717, 1.165) is 12.2 Å². The number of ketones is 3. The summed E-state index contributed by atoms with van der Waals surface area (Å²) in [6.45, 7) is 3.31. The number of aliphatic hydroxyl groups excluding tert-OH is 1. The van der Waals surface area contributed by atoms with Gasteiger partial charge < -0.3 is 15.3 Å². The van der Waals surface area contributed by atoms with Crippen molar-refractivity contribution in [1.29, 1.82) is 0 Å². The van der Waals surface area contributed by atoms with E-state index in [1.165, 1.54) is 18.2 Å². The van der Waals surface area contributed by atoms with Crippen molar-refractivity contribution in [2.45, 2.75) is 20.0 Å². The highest BCUT2D eigenvalue weighted by Crippen LogP contribution is 2.46. The van der Waals surface area contributed by atoms with Crippen LogP contribution < -0.4 is 0 Å². The largest absolute Gasteiger partial charge is 0.507 e. The summed E-state index contributed by atoms with van der Waals surface area (Å²) >= 11 is 0. The molecule has 0 radical (unpaired) electrons. The smallest absolute Gasteiger partial charge is 0.190 e. The number of hydrogen-bond acceptors (Lipinski definition) is 6. The van der Waals surface area contributed by atoms with E-state index in [1.807, 2.05) is 0 Å². The summed E-state index contributed by atoms with van der Waals surface area (Å²) in [6.07, 6.45) is 3.55. The Balaban J connectivity index is 2.13. The molecule has 0 aromatic heterocycles. The zero-order chi connectivity index (χ0) is 20.3. The van der Waals surface area contributed by atoms with Gasteiger partial charge in [-0.2, -0.15) is 0 Å². The molecule has 1 unspecified atom stereocenters. The van der Waals surface area contributed by atoms with E-state index < -0.39 is 17.7 Å². The lowest BCUT2D eigenvalue weighted by atomic mass is 9.80. The molecule has 3 N–H and O–H groups in total. The zero-order valence-electron chi connectivity index (χ0n) is 15.1. The fourth-order valence-electron chi connectivity index (χ4n) is 3.93. The molecule has 0 heterocycles. The molecule has 6 nitrogen and oxygen atoms in total. The van der Waals surface area contributed by atoms with Crippen LogP contribution in [0.5, 0.6) is 11.5 Å². The Bertz CT molecular complexity index is 1170. The molecule has 0 bridgehead atoms. The van der Waals surface area contributed by atoms with Gasteiger partial charge in [-0.15, -0.1) is 0 Å². The van der Waals surface area contributed by atoms with Crippen molar-refractivity contribution >= 4 is 17.3 Å². The van der Waals surface area contributed by atoms with Gasteiger partial charge in [-0.3, -0.25) is 14.4 Å². The Hall–Kier alpha value is -3.51. The molecule has 6 heteroatoms. The number of hydrogen-bond donors (Lipinski definition) is 3. The van der Waals surface area contributed by atoms with Gasteiger partial charge in [0.25, 0.3) is 0 Å². The lowest BCUT2D eigenvalue weighted by molar-refractivity contribution is 0.0992. The normalized spacial score (nSPS) is 17.7. The minimum atomic E-state index is -1.18. The van der Waals surface area contributed by atoms with E-state index in [9.17, 15) is 29.7 Å². The van der Waals surface area contributed by atoms with Gasteiger partial charge in [-0.25, -0.2) is 0 Å². The van der Waals surface area contributed by atoms with E-state index >= 15 is 0 Å². The van der Waals surface area contributed by atoms with Gasteiger partial charge in [-0.05, 0) is 61.4 Å². The Kier molecular flexibility index (Phi) is 3.83. The summed E-state index contributed by atoms with van der Waals surface area (Å²) in [7, 11) is 0. The summed E-state index contributed by atoms with van der Waals surface area (Å²) < 4.78 is 0. The first-order valence-corrected chi connectivity index (χ1v) is 8.63. The lowest BCUT2D eigenvalue weighted by Crippen LogP contribution is -2.16. The van der Waals surface area contributed by atoms with Crippen molar-refractivity contribution in [2.75, 3.05) is 0 Å². The molecule has 2 aromatic rings. The van der Waals surface area contributed by atoms with Crippen LogP contribution in [-0.4, -0.2) is 32.7 Å². The van der Waals surface area contributed by atoms with E-state index in [4.69, 9.17) is 0 Å². The van der Waals surface area contributed by atoms with Crippen LogP contribution in [-0.2, 0) is 0 Å². The molecule has 0 amide bonds. The van der Waals surface area contributed by atoms with Gasteiger partial charge >= 0.3 is 0 Å². The Morgan fingerprint density at radius 2 is 1.36 bits per heavy atom. The quantitative estimate of drug-likeness (QED) is 0.705. The van der Waals surface area contributed by atoms with Crippen LogP contribution in [0.2, 0.25) is 0 Å². The van der Waals surface area contributed by atoms with Gasteiger partial charge in [0, 0.05) is 27.8 Å². The van der Waals surface area contributed by atoms with Crippen LogP contribution in [0.15, 0.2) is 36.4 Å². The number of phenols is 2. The third-order valence-corrected chi connectivity index (χ3v) is 5.16. The summed E-state index contributed by atoms with van der Waals surface area (Å²) in [6, 6.07) is 2.90. The first-order chi connectivity index (χ1) is 13.2. The minimum Gasteiger partial charge on any atom is -0.507 e. The molecule has 0 aliphatic heterocycles. The molecule has 2 aliphatic rings. The Morgan fingerprint density at radius 3 is 2.04 bits per heavy atom. The second-order valence-corrected chi connectivity index (χ2v) is 6.95. The maximum Gasteiger partial charge on any atom is 0.190 e. The fourth-order valence-corrected chi connectivity index (χ4v) is 3.93. The van der Waals surface area contributed by atoms with E-state index in [-0.39, 0.29) is 45.1 Å². The van der Waals surface area contributed by atoms with Crippen molar-refractivity contribution in [2.24, 2.45) is 0 Å². The molecule has 28 heavy (non-hydrogen) atoms. The standard InChI is InChI=1S/C22H16O6/c1-9-7-11-12(23)3-4-13(24)19(11)22(28)18(9)17-10(2)8-16(27)20-14(25)5-6-15(26)21(17)20/h3-8,13,24,27-28H,1-2H3. The number of aryl methyl sites for hydroxylation is 2. The van der Waals surface area contributed by atoms with Crippen LogP contribution in [0.25, 0.3) is 11.1 Å². The minimum absolute atomic E-state index is 0.00415. The van der Waals surface area contributed by atoms with Crippen LogP contribution in [0, 0.1) is 13.8 Å². The molecule has 1 atom stereocenters. The third-order valence-electron chi connectivity index (χ3n) is 5.16. The van der Waals surface area contributed by atoms with Crippen molar-refractivity contribution in [3.8, 4) is 22.6 Å². The molecule has 0 saturated heterocycles. The number of rotatable bonds is 1. The summed E-state index contributed by atoms with van der Waals surface area (Å²) in [5.74, 6) is -1.97. The van der Waals surface area contributed by atoms with Crippen molar-refractivity contribution < 1.29 is 29.7 Å². The number of allylic oxidation sites excluding steroid dienone is 3. The predicted octanol–water partition coefficient (Wildman–Crippen LogP) is 3.10. The SMILES string of the molecule is Cc1cc2c(c(O)c1-c1c(C)cc(O)c3c1C(=O)C=CC3=O)C(O)C=CC2=O. The van der Waals surface area contributed by atoms with Gasteiger partial charge in [-0.1, -0.05) is 0 Å². The average molecular weight is 376 g/mol. The Labute approximate surface area is 160 Å². The molecule has 140 valence electrons. The lowest BCUT2D eigenvalue weighted by Gasteiger charge is -2.24. The van der Waals surface area contributed by atoms with Crippen LogP contribution in [0.3, 0.4) is 0 Å². The number of aromatic hydroxyl groups is 2. The van der Waals surface area contributed by atoms with E-state index in [2.05, 4.69) is 0 Å². The van der Waals surface area contributed by atoms with Gasteiger partial charge in [0.05, 0.1) is 5.56 Å². The number of benzene rings is 2. The van der Waals surface area contributed by atoms with E-state index in [0.29, 0.717) is 16.7 Å². The highest BCUT2D eigenvalue weighted by Gasteiger charge is 2.32. The number of carbonyl (C=O) groups is 3. The van der Waals surface area contributed by atoms with Crippen molar-refractivity contribution in [3.05, 3.63) is 69.8 Å². The van der Waals surface area contributed by atoms with Crippen LogP contribution >= 0.6 is 0 Å². The molecular weight excluding hydrogens is 360 g/mol. The summed E-state index contributed by atoms with van der Waals surface area (Å²) in [5, 5.41) is 31.5. The Morgan fingerprint density at radius 1 is 0.750 bits per heavy atom.